The number of anilines is 2. The van der Waals surface area contributed by atoms with Crippen LogP contribution >= 0.6 is 0 Å². The number of aromatic carboxylic acids is 1. The maximum Gasteiger partial charge on any atom is 0.335 e. The fourth-order valence-electron chi connectivity index (χ4n) is 2.07. The van der Waals surface area contributed by atoms with Crippen LogP contribution in [0.4, 0.5) is 17.1 Å². The highest BCUT2D eigenvalue weighted by atomic mass is 32.2. The van der Waals surface area contributed by atoms with Gasteiger partial charge >= 0.3 is 5.97 Å². The normalized spacial score (nSPS) is 11.1. The Morgan fingerprint density at radius 1 is 1.29 bits per heavy atom. The van der Waals surface area contributed by atoms with Crippen molar-refractivity contribution < 1.29 is 23.2 Å². The third kappa shape index (κ3) is 3.50. The van der Waals surface area contributed by atoms with Crippen molar-refractivity contribution in [3.05, 3.63) is 57.6 Å². The number of nitrogens with two attached hydrogens (primary N) is 1. The Labute approximate surface area is 136 Å². The van der Waals surface area contributed by atoms with Gasteiger partial charge in [-0.25, -0.2) is 18.4 Å². The zero-order chi connectivity index (χ0) is 18.1. The maximum absolute atomic E-state index is 11.8. The number of nitro benzene ring substituents is 1. The van der Waals surface area contributed by atoms with Gasteiger partial charge in [-0.05, 0) is 24.6 Å². The van der Waals surface area contributed by atoms with E-state index in [-0.39, 0.29) is 5.69 Å². The van der Waals surface area contributed by atoms with Crippen LogP contribution in [-0.2, 0) is 10.0 Å². The number of para-hydroxylation sites is 1. The number of nitrogens with one attached hydrogen (secondary N) is 1. The van der Waals surface area contributed by atoms with E-state index >= 15 is 0 Å². The maximum atomic E-state index is 11.8. The van der Waals surface area contributed by atoms with Crippen molar-refractivity contribution in [2.75, 3.05) is 5.32 Å². The van der Waals surface area contributed by atoms with Gasteiger partial charge < -0.3 is 10.4 Å². The molecule has 10 heteroatoms. The minimum Gasteiger partial charge on any atom is -0.478 e. The average molecular weight is 351 g/mol. The van der Waals surface area contributed by atoms with Gasteiger partial charge in [-0.3, -0.25) is 10.1 Å². The zero-order valence-electron chi connectivity index (χ0n) is 12.4. The van der Waals surface area contributed by atoms with Gasteiger partial charge in [0, 0.05) is 11.8 Å². The molecule has 0 saturated carbocycles. The Morgan fingerprint density at radius 3 is 2.42 bits per heavy atom. The molecular weight excluding hydrogens is 338 g/mol. The van der Waals surface area contributed by atoms with E-state index in [0.29, 0.717) is 11.3 Å². The molecule has 0 radical (unpaired) electrons. The van der Waals surface area contributed by atoms with Crippen LogP contribution in [0.1, 0.15) is 15.9 Å². The highest BCUT2D eigenvalue weighted by Gasteiger charge is 2.27. The molecule has 2 aromatic carbocycles. The lowest BCUT2D eigenvalue weighted by Gasteiger charge is -2.14. The van der Waals surface area contributed by atoms with Crippen LogP contribution in [0.3, 0.4) is 0 Å². The van der Waals surface area contributed by atoms with E-state index in [1.807, 2.05) is 0 Å². The lowest BCUT2D eigenvalue weighted by molar-refractivity contribution is -0.384. The van der Waals surface area contributed by atoms with Crippen LogP contribution in [0.2, 0.25) is 0 Å². The summed E-state index contributed by atoms with van der Waals surface area (Å²) in [5.74, 6) is -1.51. The first kappa shape index (κ1) is 17.4. The molecule has 0 aliphatic rings. The number of carboxylic acid groups (broad SMARTS) is 1. The molecule has 0 bridgehead atoms. The second-order valence-electron chi connectivity index (χ2n) is 4.92. The Kier molecular flexibility index (Phi) is 4.53. The van der Waals surface area contributed by atoms with Gasteiger partial charge in [-0.2, -0.15) is 0 Å². The first-order valence-electron chi connectivity index (χ1n) is 6.52. The topological polar surface area (TPSA) is 153 Å². The summed E-state index contributed by atoms with van der Waals surface area (Å²) in [6.45, 7) is 1.72. The molecule has 0 aliphatic carbocycles. The van der Waals surface area contributed by atoms with Gasteiger partial charge in [0.25, 0.3) is 5.69 Å². The molecule has 0 aliphatic heterocycles. The SMILES string of the molecule is Cc1ccccc1Nc1c([N+](=O)[O-])cc(C(=O)O)cc1S(N)(=O)=O. The largest absolute Gasteiger partial charge is 0.478 e. The summed E-state index contributed by atoms with van der Waals surface area (Å²) in [6.07, 6.45) is 0. The number of nitro groups is 1. The summed E-state index contributed by atoms with van der Waals surface area (Å²) in [6, 6.07) is 8.27. The van der Waals surface area contributed by atoms with Gasteiger partial charge in [0.15, 0.2) is 0 Å². The fourth-order valence-corrected chi connectivity index (χ4v) is 2.80. The number of carbonyl (C=O) groups is 1. The second kappa shape index (κ2) is 6.26. The Morgan fingerprint density at radius 2 is 1.92 bits per heavy atom. The molecule has 4 N–H and O–H groups in total. The van der Waals surface area contributed by atoms with Gasteiger partial charge in [-0.1, -0.05) is 18.2 Å². The summed E-state index contributed by atoms with van der Waals surface area (Å²) in [7, 11) is -4.41. The molecule has 2 aromatic rings. The van der Waals surface area contributed by atoms with E-state index in [0.717, 1.165) is 12.1 Å². The summed E-state index contributed by atoms with van der Waals surface area (Å²) >= 11 is 0. The Balaban J connectivity index is 2.79. The minimum atomic E-state index is -4.41. The van der Waals surface area contributed by atoms with Crippen LogP contribution < -0.4 is 10.5 Å². The first-order valence-corrected chi connectivity index (χ1v) is 8.07. The first-order chi connectivity index (χ1) is 11.1. The molecule has 0 aromatic heterocycles. The third-order valence-electron chi connectivity index (χ3n) is 3.24. The molecule has 0 amide bonds. The van der Waals surface area contributed by atoms with E-state index in [1.54, 1.807) is 31.2 Å². The lowest BCUT2D eigenvalue weighted by atomic mass is 10.1. The molecule has 126 valence electrons. The highest BCUT2D eigenvalue weighted by molar-refractivity contribution is 7.89. The number of rotatable bonds is 5. The van der Waals surface area contributed by atoms with Gasteiger partial charge in [-0.15, -0.1) is 0 Å². The van der Waals surface area contributed by atoms with E-state index in [2.05, 4.69) is 5.32 Å². The quantitative estimate of drug-likeness (QED) is 0.550. The van der Waals surface area contributed by atoms with Crippen LogP contribution in [0.25, 0.3) is 0 Å². The molecule has 0 atom stereocenters. The van der Waals surface area contributed by atoms with Gasteiger partial charge in [0.1, 0.15) is 10.6 Å². The van der Waals surface area contributed by atoms with Crippen molar-refractivity contribution in [2.24, 2.45) is 5.14 Å². The van der Waals surface area contributed by atoms with E-state index in [9.17, 15) is 23.3 Å². The molecular formula is C14H13N3O6S. The summed E-state index contributed by atoms with van der Waals surface area (Å²) in [5, 5.41) is 28.1. The number of benzene rings is 2. The molecule has 0 saturated heterocycles. The standard InChI is InChI=1S/C14H13N3O6S/c1-8-4-2-3-5-10(8)16-13-11(17(20)21)6-9(14(18)19)7-12(13)24(15,22)23/h2-7,16H,1H3,(H,18,19)(H2,15,22,23). The predicted molar refractivity (Wildman–Crippen MR) is 85.9 cm³/mol. The number of nitrogens with zero attached hydrogens (tertiary/aromatic N) is 1. The highest BCUT2D eigenvalue weighted by Crippen LogP contribution is 2.35. The molecule has 2 rings (SSSR count). The molecule has 0 spiro atoms. The third-order valence-corrected chi connectivity index (χ3v) is 4.17. The monoisotopic (exact) mass is 351 g/mol. The summed E-state index contributed by atoms with van der Waals surface area (Å²) in [5.41, 5.74) is -0.520. The van der Waals surface area contributed by atoms with E-state index in [1.165, 1.54) is 0 Å². The van der Waals surface area contributed by atoms with Crippen molar-refractivity contribution in [3.8, 4) is 0 Å². The number of sulfonamides is 1. The number of aryl methyl sites for hydroxylation is 1. The number of hydrogen-bond donors (Lipinski definition) is 3. The summed E-state index contributed by atoms with van der Waals surface area (Å²) < 4.78 is 23.6. The van der Waals surface area contributed by atoms with Gasteiger partial charge in [0.05, 0.1) is 10.5 Å². The predicted octanol–water partition coefficient (Wildman–Crippen LogP) is 1.99. The van der Waals surface area contributed by atoms with E-state index in [4.69, 9.17) is 10.2 Å². The average Bonchev–Trinajstić information content (AvgIpc) is 2.48. The van der Waals surface area contributed by atoms with Crippen molar-refractivity contribution in [3.63, 3.8) is 0 Å². The number of primary sulfonamides is 1. The number of carboxylic acids is 1. The molecule has 0 unspecified atom stereocenters. The van der Waals surface area contributed by atoms with Crippen molar-refractivity contribution in [2.45, 2.75) is 11.8 Å². The van der Waals surface area contributed by atoms with Crippen LogP contribution in [-0.4, -0.2) is 24.4 Å². The van der Waals surface area contributed by atoms with Crippen LogP contribution in [0, 0.1) is 17.0 Å². The zero-order valence-corrected chi connectivity index (χ0v) is 13.2. The minimum absolute atomic E-state index is 0.387. The Hall–Kier alpha value is -2.98. The van der Waals surface area contributed by atoms with Gasteiger partial charge in [0.2, 0.25) is 10.0 Å². The Bertz CT molecular complexity index is 940. The van der Waals surface area contributed by atoms with Crippen molar-refractivity contribution in [1.82, 2.24) is 0 Å². The van der Waals surface area contributed by atoms with Crippen molar-refractivity contribution >= 4 is 33.1 Å². The molecule has 0 fully saturated rings. The lowest BCUT2D eigenvalue weighted by Crippen LogP contribution is -2.16. The van der Waals surface area contributed by atoms with Crippen LogP contribution in [0.15, 0.2) is 41.3 Å². The number of hydrogen-bond acceptors (Lipinski definition) is 6. The van der Waals surface area contributed by atoms with E-state index < -0.39 is 37.1 Å². The second-order valence-corrected chi connectivity index (χ2v) is 6.45. The fraction of sp³-hybridized carbons (Fsp3) is 0.0714. The van der Waals surface area contributed by atoms with Crippen molar-refractivity contribution in [1.29, 1.82) is 0 Å². The smallest absolute Gasteiger partial charge is 0.335 e. The van der Waals surface area contributed by atoms with Crippen LogP contribution in [0.5, 0.6) is 0 Å². The molecule has 24 heavy (non-hydrogen) atoms. The summed E-state index contributed by atoms with van der Waals surface area (Å²) in [4.78, 5) is 20.8. The molecule has 0 heterocycles. The molecule has 9 nitrogen and oxygen atoms in total.